The third-order valence-corrected chi connectivity index (χ3v) is 3.54. The molecule has 2 aromatic heterocycles. The fourth-order valence-electron chi connectivity index (χ4n) is 1.85. The van der Waals surface area contributed by atoms with Gasteiger partial charge in [-0.05, 0) is 19.9 Å². The van der Waals surface area contributed by atoms with Gasteiger partial charge in [0, 0.05) is 22.3 Å². The van der Waals surface area contributed by atoms with Crippen molar-refractivity contribution < 1.29 is 9.90 Å². The van der Waals surface area contributed by atoms with Crippen LogP contribution in [0.3, 0.4) is 0 Å². The number of nitrogens with zero attached hydrogens (tertiary/aromatic N) is 2. The maximum atomic E-state index is 12.3. The number of rotatable bonds is 4. The zero-order valence-electron chi connectivity index (χ0n) is 9.84. The van der Waals surface area contributed by atoms with E-state index in [4.69, 9.17) is 10.8 Å². The Morgan fingerprint density at radius 1 is 1.61 bits per heavy atom. The minimum Gasteiger partial charge on any atom is -0.481 e. The number of carboxylic acids is 1. The third-order valence-electron chi connectivity index (χ3n) is 2.67. The summed E-state index contributed by atoms with van der Waals surface area (Å²) < 4.78 is 1.37. The Morgan fingerprint density at radius 3 is 2.94 bits per heavy atom. The van der Waals surface area contributed by atoms with Gasteiger partial charge in [0.15, 0.2) is 4.96 Å². The van der Waals surface area contributed by atoms with E-state index in [0.29, 0.717) is 34.9 Å². The number of hydrogen-bond donors (Lipinski definition) is 2. The van der Waals surface area contributed by atoms with Crippen LogP contribution in [0.4, 0.5) is 0 Å². The standard InChI is InChI=1S/C11H13N3O3S/c1-6-8(2-3-12)10(17)14-7(4-9(15)16)5-18-11(14)13-6/h5H,2-4,12H2,1H3,(H,15,16). The van der Waals surface area contributed by atoms with Gasteiger partial charge in [-0.25, -0.2) is 4.98 Å². The zero-order chi connectivity index (χ0) is 13.3. The number of carbonyl (C=O) groups is 1. The molecule has 96 valence electrons. The van der Waals surface area contributed by atoms with Gasteiger partial charge in [-0.2, -0.15) is 0 Å². The second-order valence-electron chi connectivity index (χ2n) is 3.94. The maximum Gasteiger partial charge on any atom is 0.309 e. The SMILES string of the molecule is Cc1nc2scc(CC(=O)O)n2c(=O)c1CCN. The number of aromatic nitrogens is 2. The maximum absolute atomic E-state index is 12.3. The summed E-state index contributed by atoms with van der Waals surface area (Å²) in [6.07, 6.45) is 0.260. The van der Waals surface area contributed by atoms with E-state index in [1.807, 2.05) is 0 Å². The minimum absolute atomic E-state index is 0.188. The first kappa shape index (κ1) is 12.7. The van der Waals surface area contributed by atoms with Crippen molar-refractivity contribution in [2.24, 2.45) is 5.73 Å². The van der Waals surface area contributed by atoms with E-state index in [1.54, 1.807) is 12.3 Å². The lowest BCUT2D eigenvalue weighted by atomic mass is 10.2. The van der Waals surface area contributed by atoms with Gasteiger partial charge in [0.2, 0.25) is 0 Å². The van der Waals surface area contributed by atoms with E-state index in [0.717, 1.165) is 0 Å². The number of fused-ring (bicyclic) bond motifs is 1. The molecule has 0 aliphatic carbocycles. The van der Waals surface area contributed by atoms with Crippen LogP contribution in [0.2, 0.25) is 0 Å². The Bertz CT molecular complexity index is 659. The summed E-state index contributed by atoms with van der Waals surface area (Å²) in [7, 11) is 0. The largest absolute Gasteiger partial charge is 0.481 e. The van der Waals surface area contributed by atoms with Crippen LogP contribution in [0.5, 0.6) is 0 Å². The lowest BCUT2D eigenvalue weighted by Gasteiger charge is -2.05. The monoisotopic (exact) mass is 267 g/mol. The van der Waals surface area contributed by atoms with E-state index in [9.17, 15) is 9.59 Å². The molecule has 18 heavy (non-hydrogen) atoms. The van der Waals surface area contributed by atoms with Gasteiger partial charge >= 0.3 is 5.97 Å². The normalized spacial score (nSPS) is 11.0. The van der Waals surface area contributed by atoms with Gasteiger partial charge in [0.25, 0.3) is 5.56 Å². The predicted octanol–water partition coefficient (Wildman–Crippen LogP) is 0.193. The fraction of sp³-hybridized carbons (Fsp3) is 0.364. The van der Waals surface area contributed by atoms with Gasteiger partial charge in [0.05, 0.1) is 6.42 Å². The fourth-order valence-corrected chi connectivity index (χ4v) is 2.78. The Balaban J connectivity index is 2.68. The lowest BCUT2D eigenvalue weighted by Crippen LogP contribution is -2.24. The molecule has 2 aromatic rings. The average Bonchev–Trinajstić information content (AvgIpc) is 2.66. The molecular formula is C11H13N3O3S. The van der Waals surface area contributed by atoms with E-state index in [2.05, 4.69) is 4.98 Å². The van der Waals surface area contributed by atoms with Gasteiger partial charge in [0.1, 0.15) is 0 Å². The molecule has 7 heteroatoms. The molecule has 0 atom stereocenters. The van der Waals surface area contributed by atoms with Crippen LogP contribution in [-0.4, -0.2) is 27.0 Å². The van der Waals surface area contributed by atoms with E-state index in [-0.39, 0.29) is 12.0 Å². The molecule has 0 saturated carbocycles. The molecule has 6 nitrogen and oxygen atoms in total. The van der Waals surface area contributed by atoms with E-state index in [1.165, 1.54) is 15.7 Å². The lowest BCUT2D eigenvalue weighted by molar-refractivity contribution is -0.136. The Labute approximate surface area is 107 Å². The van der Waals surface area contributed by atoms with E-state index >= 15 is 0 Å². The highest BCUT2D eigenvalue weighted by Crippen LogP contribution is 2.15. The van der Waals surface area contributed by atoms with Crippen molar-refractivity contribution in [2.75, 3.05) is 6.54 Å². The predicted molar refractivity (Wildman–Crippen MR) is 68.2 cm³/mol. The quantitative estimate of drug-likeness (QED) is 0.824. The molecule has 0 spiro atoms. The molecule has 3 N–H and O–H groups in total. The van der Waals surface area contributed by atoms with Crippen LogP contribution < -0.4 is 11.3 Å². The summed E-state index contributed by atoms with van der Waals surface area (Å²) in [6.45, 7) is 2.13. The van der Waals surface area contributed by atoms with Crippen LogP contribution in [0.25, 0.3) is 4.96 Å². The highest BCUT2D eigenvalue weighted by atomic mass is 32.1. The molecule has 0 amide bonds. The van der Waals surface area contributed by atoms with Gasteiger partial charge in [-0.15, -0.1) is 11.3 Å². The number of aryl methyl sites for hydroxylation is 1. The number of nitrogens with two attached hydrogens (primary N) is 1. The summed E-state index contributed by atoms with van der Waals surface area (Å²) in [5.41, 5.74) is 6.93. The number of carboxylic acid groups (broad SMARTS) is 1. The van der Waals surface area contributed by atoms with Crippen LogP contribution in [0.1, 0.15) is 17.0 Å². The summed E-state index contributed by atoms with van der Waals surface area (Å²) in [5.74, 6) is -0.970. The van der Waals surface area contributed by atoms with Crippen molar-refractivity contribution in [3.8, 4) is 0 Å². The van der Waals surface area contributed by atoms with E-state index < -0.39 is 5.97 Å². The Morgan fingerprint density at radius 2 is 2.33 bits per heavy atom. The molecule has 2 heterocycles. The molecule has 0 saturated heterocycles. The van der Waals surface area contributed by atoms with Gasteiger partial charge < -0.3 is 10.8 Å². The Kier molecular flexibility index (Phi) is 3.44. The molecule has 0 fully saturated rings. The molecular weight excluding hydrogens is 254 g/mol. The highest BCUT2D eigenvalue weighted by molar-refractivity contribution is 7.15. The minimum atomic E-state index is -0.970. The number of thiazole rings is 1. The summed E-state index contributed by atoms with van der Waals surface area (Å²) >= 11 is 1.27. The topological polar surface area (TPSA) is 97.7 Å². The molecule has 0 bridgehead atoms. The molecule has 0 aliphatic heterocycles. The van der Waals surface area contributed by atoms with Crippen molar-refractivity contribution in [3.63, 3.8) is 0 Å². The van der Waals surface area contributed by atoms with Crippen LogP contribution >= 0.6 is 11.3 Å². The smallest absolute Gasteiger partial charge is 0.309 e. The van der Waals surface area contributed by atoms with Crippen molar-refractivity contribution in [1.29, 1.82) is 0 Å². The molecule has 0 aromatic carbocycles. The second kappa shape index (κ2) is 4.87. The Hall–Kier alpha value is -1.73. The van der Waals surface area contributed by atoms with Gasteiger partial charge in [-0.1, -0.05) is 0 Å². The highest BCUT2D eigenvalue weighted by Gasteiger charge is 2.14. The zero-order valence-corrected chi connectivity index (χ0v) is 10.7. The number of aliphatic carboxylic acids is 1. The molecule has 0 radical (unpaired) electrons. The molecule has 0 aliphatic rings. The summed E-state index contributed by atoms with van der Waals surface area (Å²) in [4.78, 5) is 27.9. The van der Waals surface area contributed by atoms with Crippen LogP contribution in [0, 0.1) is 6.92 Å². The van der Waals surface area contributed by atoms with Crippen molar-refractivity contribution in [2.45, 2.75) is 19.8 Å². The van der Waals surface area contributed by atoms with Gasteiger partial charge in [-0.3, -0.25) is 14.0 Å². The third kappa shape index (κ3) is 2.14. The first-order valence-corrected chi connectivity index (χ1v) is 6.33. The molecule has 0 unspecified atom stereocenters. The summed E-state index contributed by atoms with van der Waals surface area (Å²) in [6, 6.07) is 0. The van der Waals surface area contributed by atoms with Crippen LogP contribution in [-0.2, 0) is 17.6 Å². The second-order valence-corrected chi connectivity index (χ2v) is 4.77. The van der Waals surface area contributed by atoms with Crippen molar-refractivity contribution >= 4 is 22.3 Å². The first-order chi connectivity index (χ1) is 8.54. The van der Waals surface area contributed by atoms with Crippen molar-refractivity contribution in [1.82, 2.24) is 9.38 Å². The average molecular weight is 267 g/mol. The van der Waals surface area contributed by atoms with Crippen LogP contribution in [0.15, 0.2) is 10.2 Å². The molecule has 2 rings (SSSR count). The van der Waals surface area contributed by atoms with Crippen molar-refractivity contribution in [3.05, 3.63) is 32.7 Å². The summed E-state index contributed by atoms with van der Waals surface area (Å²) in [5, 5.41) is 10.5. The first-order valence-electron chi connectivity index (χ1n) is 5.45. The number of hydrogen-bond acceptors (Lipinski definition) is 5.